The van der Waals surface area contributed by atoms with Crippen molar-refractivity contribution in [3.8, 4) is 5.75 Å². The summed E-state index contributed by atoms with van der Waals surface area (Å²) in [6.45, 7) is 4.35. The molecule has 2 N–H and O–H groups in total. The third-order valence-electron chi connectivity index (χ3n) is 7.54. The number of ether oxygens (including phenoxy) is 1. The summed E-state index contributed by atoms with van der Waals surface area (Å²) in [5, 5.41) is 3.36. The Morgan fingerprint density at radius 2 is 1.83 bits per heavy atom. The molecule has 0 spiro atoms. The van der Waals surface area contributed by atoms with Crippen LogP contribution in [0.1, 0.15) is 55.6 Å². The summed E-state index contributed by atoms with van der Waals surface area (Å²) < 4.78 is 33.1. The van der Waals surface area contributed by atoms with Gasteiger partial charge in [-0.25, -0.2) is 13.1 Å². The first-order valence-corrected chi connectivity index (χ1v) is 14.0. The van der Waals surface area contributed by atoms with E-state index in [0.29, 0.717) is 6.54 Å². The lowest BCUT2D eigenvalue weighted by Crippen LogP contribution is -2.45. The van der Waals surface area contributed by atoms with Gasteiger partial charge in [-0.05, 0) is 86.3 Å². The molecular formula is C28H36N2O4S. The van der Waals surface area contributed by atoms with Gasteiger partial charge in [0, 0.05) is 24.4 Å². The number of nitrogens with one attached hydrogen (secondary N) is 2. The normalized spacial score (nSPS) is 24.3. The molecular weight excluding hydrogens is 460 g/mol. The van der Waals surface area contributed by atoms with Crippen LogP contribution in [0.25, 0.3) is 0 Å². The maximum atomic E-state index is 13.2. The second-order valence-corrected chi connectivity index (χ2v) is 11.5. The smallest absolute Gasteiger partial charge is 0.240 e. The summed E-state index contributed by atoms with van der Waals surface area (Å²) in [6.07, 6.45) is 7.84. The van der Waals surface area contributed by atoms with Crippen LogP contribution in [0.4, 0.5) is 0 Å². The molecule has 6 nitrogen and oxygen atoms in total. The Morgan fingerprint density at radius 1 is 1.09 bits per heavy atom. The Morgan fingerprint density at radius 3 is 2.51 bits per heavy atom. The quantitative estimate of drug-likeness (QED) is 0.498. The van der Waals surface area contributed by atoms with Crippen molar-refractivity contribution in [1.29, 1.82) is 0 Å². The number of methoxy groups -OCH3 is 1. The van der Waals surface area contributed by atoms with Gasteiger partial charge in [-0.2, -0.15) is 0 Å². The van der Waals surface area contributed by atoms with Crippen LogP contribution in [0.3, 0.4) is 0 Å². The second kappa shape index (κ2) is 11.4. The molecule has 2 aromatic carbocycles. The number of fused-ring (bicyclic) bond motifs is 1. The van der Waals surface area contributed by atoms with E-state index in [-0.39, 0.29) is 34.6 Å². The molecule has 188 valence electrons. The molecule has 0 heterocycles. The predicted octanol–water partition coefficient (Wildman–Crippen LogP) is 4.57. The molecule has 1 saturated carbocycles. The summed E-state index contributed by atoms with van der Waals surface area (Å²) in [6, 6.07) is 14.8. The molecule has 2 aliphatic rings. The van der Waals surface area contributed by atoms with Gasteiger partial charge in [0.1, 0.15) is 5.75 Å². The van der Waals surface area contributed by atoms with Crippen LogP contribution in [-0.4, -0.2) is 34.0 Å². The van der Waals surface area contributed by atoms with Crippen LogP contribution in [0.15, 0.2) is 66.1 Å². The summed E-state index contributed by atoms with van der Waals surface area (Å²) >= 11 is 0. The Labute approximate surface area is 209 Å². The molecule has 2 aliphatic carbocycles. The van der Waals surface area contributed by atoms with Gasteiger partial charge < -0.3 is 10.1 Å². The van der Waals surface area contributed by atoms with E-state index in [0.717, 1.165) is 50.7 Å². The van der Waals surface area contributed by atoms with Crippen molar-refractivity contribution in [2.45, 2.75) is 61.8 Å². The van der Waals surface area contributed by atoms with Crippen molar-refractivity contribution in [2.24, 2.45) is 11.8 Å². The Kier molecular flexibility index (Phi) is 8.29. The zero-order chi connectivity index (χ0) is 24.8. The minimum atomic E-state index is -3.49. The average Bonchev–Trinajstić information content (AvgIpc) is 2.89. The lowest BCUT2D eigenvalue weighted by Gasteiger charge is -2.36. The molecule has 7 heteroatoms. The number of carbonyl (C=O) groups is 1. The van der Waals surface area contributed by atoms with Gasteiger partial charge in [0.25, 0.3) is 0 Å². The van der Waals surface area contributed by atoms with Crippen LogP contribution in [-0.2, 0) is 21.2 Å². The van der Waals surface area contributed by atoms with E-state index in [4.69, 9.17) is 4.74 Å². The van der Waals surface area contributed by atoms with Crippen LogP contribution in [0.5, 0.6) is 5.75 Å². The molecule has 0 radical (unpaired) electrons. The number of aryl methyl sites for hydroxylation is 1. The van der Waals surface area contributed by atoms with E-state index in [1.807, 2.05) is 12.1 Å². The third kappa shape index (κ3) is 6.14. The van der Waals surface area contributed by atoms with Crippen molar-refractivity contribution < 1.29 is 17.9 Å². The average molecular weight is 497 g/mol. The van der Waals surface area contributed by atoms with Gasteiger partial charge in [0.05, 0.1) is 12.0 Å². The second-order valence-electron chi connectivity index (χ2n) is 9.73. The van der Waals surface area contributed by atoms with E-state index in [1.54, 1.807) is 37.4 Å². The fourth-order valence-electron chi connectivity index (χ4n) is 5.50. The number of benzene rings is 2. The molecule has 1 fully saturated rings. The molecule has 2 aromatic rings. The number of amides is 1. The fraction of sp³-hybridized carbons (Fsp3) is 0.464. The minimum Gasteiger partial charge on any atom is -0.497 e. The first kappa shape index (κ1) is 25.5. The summed E-state index contributed by atoms with van der Waals surface area (Å²) in [5.41, 5.74) is 2.57. The zero-order valence-corrected chi connectivity index (χ0v) is 21.2. The van der Waals surface area contributed by atoms with E-state index in [9.17, 15) is 13.2 Å². The molecule has 2 atom stereocenters. The number of sulfonamides is 1. The van der Waals surface area contributed by atoms with E-state index in [1.165, 1.54) is 11.1 Å². The summed E-state index contributed by atoms with van der Waals surface area (Å²) in [4.78, 5) is 13.5. The van der Waals surface area contributed by atoms with Crippen LogP contribution in [0.2, 0.25) is 0 Å². The van der Waals surface area contributed by atoms with Crippen LogP contribution in [0, 0.1) is 11.8 Å². The standard InChI is InChI=1S/C28H36N2O4S/c1-3-7-26-25-16-15-23(34-2)18-22(25)14-17-27(26)30-28(31)21-12-10-20(11-13-21)19-29-35(32,33)24-8-5-4-6-9-24/h3-6,8-9,15-16,18,20-21,26-27,29H,1,7,10-14,17,19H2,2H3,(H,30,31)/t20-,21+,26?,27-/m1/s1. The monoisotopic (exact) mass is 496 g/mol. The Balaban J connectivity index is 1.30. The minimum absolute atomic E-state index is 0.0152. The SMILES string of the molecule is C=CCC1c2ccc(OC)cc2CC[C@H]1NC(=O)[C@H]1CC[C@@H](CNS(=O)(=O)c2ccccc2)CC1. The van der Waals surface area contributed by atoms with Gasteiger partial charge in [0.15, 0.2) is 0 Å². The largest absolute Gasteiger partial charge is 0.497 e. The highest BCUT2D eigenvalue weighted by Gasteiger charge is 2.33. The lowest BCUT2D eigenvalue weighted by atomic mass is 9.76. The fourth-order valence-corrected chi connectivity index (χ4v) is 6.64. The van der Waals surface area contributed by atoms with Crippen LogP contribution >= 0.6 is 0 Å². The van der Waals surface area contributed by atoms with Crippen molar-refractivity contribution in [1.82, 2.24) is 10.0 Å². The molecule has 1 unspecified atom stereocenters. The number of hydrogen-bond acceptors (Lipinski definition) is 4. The van der Waals surface area contributed by atoms with E-state index in [2.05, 4.69) is 28.8 Å². The highest BCUT2D eigenvalue weighted by molar-refractivity contribution is 7.89. The first-order valence-electron chi connectivity index (χ1n) is 12.5. The van der Waals surface area contributed by atoms with Gasteiger partial charge in [-0.1, -0.05) is 30.3 Å². The third-order valence-corrected chi connectivity index (χ3v) is 8.98. The molecule has 0 bridgehead atoms. The highest BCUT2D eigenvalue weighted by Crippen LogP contribution is 2.37. The van der Waals surface area contributed by atoms with Gasteiger partial charge >= 0.3 is 0 Å². The van der Waals surface area contributed by atoms with Gasteiger partial charge in [-0.15, -0.1) is 6.58 Å². The molecule has 4 rings (SSSR count). The predicted molar refractivity (Wildman–Crippen MR) is 138 cm³/mol. The Hall–Kier alpha value is -2.64. The molecule has 0 aromatic heterocycles. The van der Waals surface area contributed by atoms with Gasteiger partial charge in [-0.3, -0.25) is 4.79 Å². The Bertz CT molecular complexity index is 1120. The number of allylic oxidation sites excluding steroid dienone is 1. The number of hydrogen-bond donors (Lipinski definition) is 2. The molecule has 0 aliphatic heterocycles. The van der Waals surface area contributed by atoms with Crippen molar-refractivity contribution in [3.05, 3.63) is 72.3 Å². The highest BCUT2D eigenvalue weighted by atomic mass is 32.2. The summed E-state index contributed by atoms with van der Waals surface area (Å²) in [5.74, 6) is 1.45. The maximum absolute atomic E-state index is 13.2. The first-order chi connectivity index (χ1) is 16.9. The van der Waals surface area contributed by atoms with Crippen molar-refractivity contribution in [2.75, 3.05) is 13.7 Å². The summed E-state index contributed by atoms with van der Waals surface area (Å²) in [7, 11) is -1.81. The van der Waals surface area contributed by atoms with Gasteiger partial charge in [0.2, 0.25) is 15.9 Å². The van der Waals surface area contributed by atoms with E-state index >= 15 is 0 Å². The number of carbonyl (C=O) groups excluding carboxylic acids is 1. The maximum Gasteiger partial charge on any atom is 0.240 e. The molecule has 0 saturated heterocycles. The molecule has 35 heavy (non-hydrogen) atoms. The molecule has 1 amide bonds. The topological polar surface area (TPSA) is 84.5 Å². The lowest BCUT2D eigenvalue weighted by molar-refractivity contribution is -0.127. The van der Waals surface area contributed by atoms with Crippen molar-refractivity contribution in [3.63, 3.8) is 0 Å². The van der Waals surface area contributed by atoms with Crippen LogP contribution < -0.4 is 14.8 Å². The zero-order valence-electron chi connectivity index (χ0n) is 20.4. The van der Waals surface area contributed by atoms with Crippen molar-refractivity contribution >= 4 is 15.9 Å². The number of rotatable bonds is 9. The van der Waals surface area contributed by atoms with E-state index < -0.39 is 10.0 Å².